The summed E-state index contributed by atoms with van der Waals surface area (Å²) in [5.74, 6) is 1.49. The number of hydrogen-bond donors (Lipinski definition) is 0. The van der Waals surface area contributed by atoms with Gasteiger partial charge in [0.1, 0.15) is 0 Å². The number of nitriles is 1. The van der Waals surface area contributed by atoms with E-state index in [1.54, 1.807) is 14.0 Å². The molecule has 0 aliphatic heterocycles. The zero-order valence-electron chi connectivity index (χ0n) is 15.4. The standard InChI is InChI=1S/C21H31NO2/c1-4-5-6-7-8-9-10-11-14-24-20-13-12-19(15-18(2)17-22)16-21(20)23-3/h12-13,15-16H,4-11,14H2,1-3H3/b18-15-. The number of rotatable bonds is 12. The van der Waals surface area contributed by atoms with Crippen LogP contribution in [0, 0.1) is 11.3 Å². The lowest BCUT2D eigenvalue weighted by atomic mass is 10.1. The Morgan fingerprint density at radius 2 is 1.71 bits per heavy atom. The molecule has 0 N–H and O–H groups in total. The second-order valence-corrected chi connectivity index (χ2v) is 6.17. The van der Waals surface area contributed by atoms with Crippen molar-refractivity contribution in [3.63, 3.8) is 0 Å². The van der Waals surface area contributed by atoms with Crippen LogP contribution in [0.1, 0.15) is 70.8 Å². The Hall–Kier alpha value is -1.95. The van der Waals surface area contributed by atoms with Crippen LogP contribution in [0.3, 0.4) is 0 Å². The molecule has 0 radical (unpaired) electrons. The lowest BCUT2D eigenvalue weighted by Crippen LogP contribution is -1.99. The molecule has 3 heteroatoms. The summed E-state index contributed by atoms with van der Waals surface area (Å²) in [6, 6.07) is 7.90. The molecule has 0 aliphatic rings. The molecule has 0 atom stereocenters. The molecular formula is C21H31NO2. The fourth-order valence-corrected chi connectivity index (χ4v) is 2.59. The van der Waals surface area contributed by atoms with E-state index < -0.39 is 0 Å². The minimum atomic E-state index is 0.671. The van der Waals surface area contributed by atoms with Crippen LogP contribution < -0.4 is 9.47 Å². The second kappa shape index (κ2) is 12.5. The average Bonchev–Trinajstić information content (AvgIpc) is 2.61. The number of ether oxygens (including phenoxy) is 2. The zero-order valence-corrected chi connectivity index (χ0v) is 15.4. The number of unbranched alkanes of at least 4 members (excludes halogenated alkanes) is 7. The highest BCUT2D eigenvalue weighted by molar-refractivity contribution is 5.60. The summed E-state index contributed by atoms with van der Waals surface area (Å²) in [6.07, 6.45) is 12.2. The first-order chi connectivity index (χ1) is 11.7. The maximum atomic E-state index is 8.85. The van der Waals surface area contributed by atoms with Crippen LogP contribution in [0.4, 0.5) is 0 Å². The minimum Gasteiger partial charge on any atom is -0.493 e. The number of nitrogens with zero attached hydrogens (tertiary/aromatic N) is 1. The molecule has 0 bridgehead atoms. The first kappa shape index (κ1) is 20.1. The van der Waals surface area contributed by atoms with Gasteiger partial charge in [-0.1, -0.05) is 57.9 Å². The van der Waals surface area contributed by atoms with Gasteiger partial charge >= 0.3 is 0 Å². The Balaban J connectivity index is 2.34. The van der Waals surface area contributed by atoms with E-state index >= 15 is 0 Å². The monoisotopic (exact) mass is 329 g/mol. The Morgan fingerprint density at radius 1 is 1.04 bits per heavy atom. The highest BCUT2D eigenvalue weighted by atomic mass is 16.5. The third kappa shape index (κ3) is 8.06. The van der Waals surface area contributed by atoms with Crippen LogP contribution in [0.5, 0.6) is 11.5 Å². The molecule has 0 spiro atoms. The molecule has 3 nitrogen and oxygen atoms in total. The maximum Gasteiger partial charge on any atom is 0.161 e. The van der Waals surface area contributed by atoms with Gasteiger partial charge in [0.15, 0.2) is 11.5 Å². The van der Waals surface area contributed by atoms with Crippen molar-refractivity contribution >= 4 is 6.08 Å². The lowest BCUT2D eigenvalue weighted by Gasteiger charge is -2.11. The molecule has 0 unspecified atom stereocenters. The van der Waals surface area contributed by atoms with Crippen molar-refractivity contribution in [2.45, 2.75) is 65.2 Å². The van der Waals surface area contributed by atoms with Gasteiger partial charge in [0.25, 0.3) is 0 Å². The summed E-state index contributed by atoms with van der Waals surface area (Å²) in [5.41, 5.74) is 1.62. The SMILES string of the molecule is CCCCCCCCCCOc1ccc(/C=C(/C)C#N)cc1OC. The summed E-state index contributed by atoms with van der Waals surface area (Å²) in [6.45, 7) is 4.76. The normalized spacial score (nSPS) is 11.2. The zero-order chi connectivity index (χ0) is 17.6. The number of hydrogen-bond acceptors (Lipinski definition) is 3. The number of methoxy groups -OCH3 is 1. The summed E-state index contributed by atoms with van der Waals surface area (Å²) in [5, 5.41) is 8.85. The van der Waals surface area contributed by atoms with Crippen LogP contribution in [0.2, 0.25) is 0 Å². The van der Waals surface area contributed by atoms with Gasteiger partial charge in [-0.2, -0.15) is 5.26 Å². The Bertz CT molecular complexity index is 543. The fourth-order valence-electron chi connectivity index (χ4n) is 2.59. The van der Waals surface area contributed by atoms with Gasteiger partial charge < -0.3 is 9.47 Å². The molecule has 1 aromatic carbocycles. The number of benzene rings is 1. The largest absolute Gasteiger partial charge is 0.493 e. The minimum absolute atomic E-state index is 0.671. The van der Waals surface area contributed by atoms with E-state index in [-0.39, 0.29) is 0 Å². The highest BCUT2D eigenvalue weighted by Crippen LogP contribution is 2.29. The third-order valence-electron chi connectivity index (χ3n) is 4.00. The third-order valence-corrected chi connectivity index (χ3v) is 4.00. The highest BCUT2D eigenvalue weighted by Gasteiger charge is 2.05. The molecule has 0 aliphatic carbocycles. The molecule has 0 saturated heterocycles. The van der Waals surface area contributed by atoms with Gasteiger partial charge in [0, 0.05) is 5.57 Å². The van der Waals surface area contributed by atoms with E-state index in [0.717, 1.165) is 24.3 Å². The quantitative estimate of drug-likeness (QED) is 0.341. The van der Waals surface area contributed by atoms with E-state index in [1.165, 1.54) is 44.9 Å². The van der Waals surface area contributed by atoms with Crippen LogP contribution in [0.15, 0.2) is 23.8 Å². The van der Waals surface area contributed by atoms with Gasteiger partial charge in [0.2, 0.25) is 0 Å². The molecule has 0 saturated carbocycles. The first-order valence-electron chi connectivity index (χ1n) is 9.10. The van der Waals surface area contributed by atoms with Crippen LogP contribution in [-0.4, -0.2) is 13.7 Å². The van der Waals surface area contributed by atoms with Crippen molar-refractivity contribution in [2.24, 2.45) is 0 Å². The van der Waals surface area contributed by atoms with Crippen molar-refractivity contribution in [1.82, 2.24) is 0 Å². The average molecular weight is 329 g/mol. The van der Waals surface area contributed by atoms with Gasteiger partial charge in [-0.25, -0.2) is 0 Å². The maximum absolute atomic E-state index is 8.85. The van der Waals surface area contributed by atoms with Crippen molar-refractivity contribution in [2.75, 3.05) is 13.7 Å². The lowest BCUT2D eigenvalue weighted by molar-refractivity contribution is 0.284. The van der Waals surface area contributed by atoms with Gasteiger partial charge in [0.05, 0.1) is 19.8 Å². The molecule has 24 heavy (non-hydrogen) atoms. The van der Waals surface area contributed by atoms with Crippen molar-refractivity contribution in [3.05, 3.63) is 29.3 Å². The van der Waals surface area contributed by atoms with Crippen LogP contribution >= 0.6 is 0 Å². The smallest absolute Gasteiger partial charge is 0.161 e. The Kier molecular flexibility index (Phi) is 10.4. The summed E-state index contributed by atoms with van der Waals surface area (Å²) in [7, 11) is 1.64. The van der Waals surface area contributed by atoms with Gasteiger partial charge in [-0.3, -0.25) is 0 Å². The molecule has 0 fully saturated rings. The molecule has 1 aromatic rings. The van der Waals surface area contributed by atoms with Crippen molar-refractivity contribution in [1.29, 1.82) is 5.26 Å². The summed E-state index contributed by atoms with van der Waals surface area (Å²) >= 11 is 0. The summed E-state index contributed by atoms with van der Waals surface area (Å²) in [4.78, 5) is 0. The van der Waals surface area contributed by atoms with Gasteiger partial charge in [-0.05, 0) is 37.1 Å². The Morgan fingerprint density at radius 3 is 2.33 bits per heavy atom. The van der Waals surface area contributed by atoms with E-state index in [2.05, 4.69) is 13.0 Å². The van der Waals surface area contributed by atoms with E-state index in [4.69, 9.17) is 14.7 Å². The second-order valence-electron chi connectivity index (χ2n) is 6.17. The topological polar surface area (TPSA) is 42.2 Å². The van der Waals surface area contributed by atoms with Crippen LogP contribution in [-0.2, 0) is 0 Å². The van der Waals surface area contributed by atoms with E-state index in [1.807, 2.05) is 24.3 Å². The summed E-state index contributed by atoms with van der Waals surface area (Å²) < 4.78 is 11.2. The molecule has 0 amide bonds. The Labute approximate surface area is 147 Å². The van der Waals surface area contributed by atoms with Crippen LogP contribution in [0.25, 0.3) is 6.08 Å². The van der Waals surface area contributed by atoms with Gasteiger partial charge in [-0.15, -0.1) is 0 Å². The van der Waals surface area contributed by atoms with Crippen molar-refractivity contribution < 1.29 is 9.47 Å². The van der Waals surface area contributed by atoms with E-state index in [0.29, 0.717) is 11.3 Å². The predicted molar refractivity (Wildman–Crippen MR) is 100 cm³/mol. The molecule has 0 heterocycles. The molecule has 1 rings (SSSR count). The predicted octanol–water partition coefficient (Wildman–Crippen LogP) is 6.14. The molecular weight excluding hydrogens is 298 g/mol. The molecule has 132 valence electrons. The van der Waals surface area contributed by atoms with Crippen molar-refractivity contribution in [3.8, 4) is 17.6 Å². The fraction of sp³-hybridized carbons (Fsp3) is 0.571. The number of allylic oxidation sites excluding steroid dienone is 1. The van der Waals surface area contributed by atoms with E-state index in [9.17, 15) is 0 Å². The first-order valence-corrected chi connectivity index (χ1v) is 9.10. The molecule has 0 aromatic heterocycles.